The standard InChI is InChI=1S/C14H14ClN3O2/c1-10-4-3-5-11(8-10)9-17(2)14-12(18(19)20)6-7-13(15)16-14/h3-8H,9H2,1-2H3. The van der Waals surface area contributed by atoms with Crippen molar-refractivity contribution in [1.82, 2.24) is 4.98 Å². The van der Waals surface area contributed by atoms with Gasteiger partial charge < -0.3 is 4.90 Å². The first-order chi connectivity index (χ1) is 9.47. The van der Waals surface area contributed by atoms with Crippen molar-refractivity contribution in [2.75, 3.05) is 11.9 Å². The summed E-state index contributed by atoms with van der Waals surface area (Å²) in [6.45, 7) is 2.53. The second-order valence-electron chi connectivity index (χ2n) is 4.58. The van der Waals surface area contributed by atoms with Crippen LogP contribution in [0.4, 0.5) is 11.5 Å². The maximum absolute atomic E-state index is 11.0. The second-order valence-corrected chi connectivity index (χ2v) is 4.97. The molecule has 0 spiro atoms. The Morgan fingerprint density at radius 3 is 2.75 bits per heavy atom. The zero-order chi connectivity index (χ0) is 14.7. The first-order valence-electron chi connectivity index (χ1n) is 6.05. The van der Waals surface area contributed by atoms with Crippen molar-refractivity contribution in [1.29, 1.82) is 0 Å². The van der Waals surface area contributed by atoms with Gasteiger partial charge in [-0.1, -0.05) is 41.4 Å². The molecule has 20 heavy (non-hydrogen) atoms. The molecule has 0 saturated heterocycles. The summed E-state index contributed by atoms with van der Waals surface area (Å²) in [7, 11) is 1.76. The molecule has 0 unspecified atom stereocenters. The normalized spacial score (nSPS) is 10.3. The second kappa shape index (κ2) is 5.88. The zero-order valence-electron chi connectivity index (χ0n) is 11.2. The fourth-order valence-corrected chi connectivity index (χ4v) is 2.14. The largest absolute Gasteiger partial charge is 0.350 e. The van der Waals surface area contributed by atoms with E-state index in [-0.39, 0.29) is 16.7 Å². The molecule has 1 heterocycles. The lowest BCUT2D eigenvalue weighted by molar-refractivity contribution is -0.384. The quantitative estimate of drug-likeness (QED) is 0.491. The van der Waals surface area contributed by atoms with Gasteiger partial charge in [-0.25, -0.2) is 4.98 Å². The van der Waals surface area contributed by atoms with Crippen LogP contribution in [-0.4, -0.2) is 17.0 Å². The summed E-state index contributed by atoms with van der Waals surface area (Å²) in [6.07, 6.45) is 0. The smallest absolute Gasteiger partial charge is 0.311 e. The third-order valence-corrected chi connectivity index (χ3v) is 3.09. The van der Waals surface area contributed by atoms with Gasteiger partial charge in [0.25, 0.3) is 0 Å². The van der Waals surface area contributed by atoms with Gasteiger partial charge in [-0.3, -0.25) is 10.1 Å². The highest BCUT2D eigenvalue weighted by atomic mass is 35.5. The van der Waals surface area contributed by atoms with Crippen molar-refractivity contribution in [2.24, 2.45) is 0 Å². The predicted octanol–water partition coefficient (Wildman–Crippen LogP) is 3.59. The number of pyridine rings is 1. The van der Waals surface area contributed by atoms with Crippen LogP contribution in [0.3, 0.4) is 0 Å². The molecule has 0 bridgehead atoms. The highest BCUT2D eigenvalue weighted by Crippen LogP contribution is 2.27. The van der Waals surface area contributed by atoms with Crippen LogP contribution in [0, 0.1) is 17.0 Å². The van der Waals surface area contributed by atoms with Crippen molar-refractivity contribution < 1.29 is 4.92 Å². The van der Waals surface area contributed by atoms with E-state index in [2.05, 4.69) is 4.98 Å². The molecule has 0 amide bonds. The first-order valence-corrected chi connectivity index (χ1v) is 6.43. The van der Waals surface area contributed by atoms with Crippen molar-refractivity contribution >= 4 is 23.1 Å². The van der Waals surface area contributed by atoms with Crippen LogP contribution in [0.25, 0.3) is 0 Å². The minimum Gasteiger partial charge on any atom is -0.350 e. The number of anilines is 1. The number of halogens is 1. The zero-order valence-corrected chi connectivity index (χ0v) is 12.0. The number of benzene rings is 1. The summed E-state index contributed by atoms with van der Waals surface area (Å²) in [5, 5.41) is 11.3. The van der Waals surface area contributed by atoms with Gasteiger partial charge >= 0.3 is 5.69 Å². The molecule has 1 aromatic heterocycles. The van der Waals surface area contributed by atoms with E-state index in [9.17, 15) is 10.1 Å². The van der Waals surface area contributed by atoms with Crippen LogP contribution in [0.15, 0.2) is 36.4 Å². The molecule has 0 N–H and O–H groups in total. The average Bonchev–Trinajstić information content (AvgIpc) is 2.38. The molecule has 0 fully saturated rings. The molecule has 0 aliphatic rings. The van der Waals surface area contributed by atoms with E-state index in [4.69, 9.17) is 11.6 Å². The SMILES string of the molecule is Cc1cccc(CN(C)c2nc(Cl)ccc2[N+](=O)[O-])c1. The van der Waals surface area contributed by atoms with Gasteiger partial charge in [0, 0.05) is 19.7 Å². The van der Waals surface area contributed by atoms with Crippen LogP contribution in [0.2, 0.25) is 5.15 Å². The summed E-state index contributed by atoms with van der Waals surface area (Å²) in [6, 6.07) is 10.8. The molecule has 2 rings (SSSR count). The summed E-state index contributed by atoms with van der Waals surface area (Å²) in [5.41, 5.74) is 2.15. The molecule has 0 radical (unpaired) electrons. The summed E-state index contributed by atoms with van der Waals surface area (Å²) in [5.74, 6) is 0.268. The van der Waals surface area contributed by atoms with E-state index in [1.54, 1.807) is 11.9 Å². The summed E-state index contributed by atoms with van der Waals surface area (Å²) < 4.78 is 0. The van der Waals surface area contributed by atoms with Gasteiger partial charge in [0.1, 0.15) is 5.15 Å². The van der Waals surface area contributed by atoms with Crippen LogP contribution in [0.5, 0.6) is 0 Å². The van der Waals surface area contributed by atoms with Gasteiger partial charge in [-0.05, 0) is 18.6 Å². The number of nitrogens with zero attached hydrogens (tertiary/aromatic N) is 3. The van der Waals surface area contributed by atoms with E-state index in [0.717, 1.165) is 11.1 Å². The Morgan fingerprint density at radius 1 is 1.35 bits per heavy atom. The first kappa shape index (κ1) is 14.3. The molecule has 104 valence electrons. The monoisotopic (exact) mass is 291 g/mol. The molecule has 1 aromatic carbocycles. The van der Waals surface area contributed by atoms with Gasteiger partial charge in [-0.15, -0.1) is 0 Å². The highest BCUT2D eigenvalue weighted by molar-refractivity contribution is 6.29. The predicted molar refractivity (Wildman–Crippen MR) is 79.2 cm³/mol. The highest BCUT2D eigenvalue weighted by Gasteiger charge is 2.19. The van der Waals surface area contributed by atoms with Crippen molar-refractivity contribution in [3.8, 4) is 0 Å². The van der Waals surface area contributed by atoms with Gasteiger partial charge in [0.05, 0.1) is 4.92 Å². The van der Waals surface area contributed by atoms with Crippen molar-refractivity contribution in [3.05, 3.63) is 62.8 Å². The molecule has 0 aliphatic carbocycles. The fraction of sp³-hybridized carbons (Fsp3) is 0.214. The summed E-state index contributed by atoms with van der Waals surface area (Å²) >= 11 is 5.83. The average molecular weight is 292 g/mol. The fourth-order valence-electron chi connectivity index (χ4n) is 2.00. The maximum Gasteiger partial charge on any atom is 0.311 e. The number of aryl methyl sites for hydroxylation is 1. The van der Waals surface area contributed by atoms with E-state index >= 15 is 0 Å². The van der Waals surface area contributed by atoms with Crippen LogP contribution in [-0.2, 0) is 6.54 Å². The molecular weight excluding hydrogens is 278 g/mol. The van der Waals surface area contributed by atoms with E-state index < -0.39 is 4.92 Å². The van der Waals surface area contributed by atoms with Gasteiger partial charge in [-0.2, -0.15) is 0 Å². The van der Waals surface area contributed by atoms with Gasteiger partial charge in [0.2, 0.25) is 5.82 Å². The minimum absolute atomic E-state index is 0.0513. The van der Waals surface area contributed by atoms with Crippen molar-refractivity contribution in [2.45, 2.75) is 13.5 Å². The lowest BCUT2D eigenvalue weighted by atomic mass is 10.1. The lowest BCUT2D eigenvalue weighted by Gasteiger charge is -2.18. The number of hydrogen-bond acceptors (Lipinski definition) is 4. The molecule has 0 atom stereocenters. The molecule has 0 saturated carbocycles. The van der Waals surface area contributed by atoms with Crippen LogP contribution >= 0.6 is 11.6 Å². The van der Waals surface area contributed by atoms with Crippen LogP contribution < -0.4 is 4.90 Å². The van der Waals surface area contributed by atoms with E-state index in [0.29, 0.717) is 6.54 Å². The number of hydrogen-bond donors (Lipinski definition) is 0. The summed E-state index contributed by atoms with van der Waals surface area (Å²) in [4.78, 5) is 16.4. The van der Waals surface area contributed by atoms with Crippen LogP contribution in [0.1, 0.15) is 11.1 Å². The molecule has 2 aromatic rings. The molecule has 5 nitrogen and oxygen atoms in total. The Kier molecular flexibility index (Phi) is 4.20. The Morgan fingerprint density at radius 2 is 2.10 bits per heavy atom. The third-order valence-electron chi connectivity index (χ3n) is 2.88. The number of rotatable bonds is 4. The molecule has 6 heteroatoms. The van der Waals surface area contributed by atoms with E-state index in [1.165, 1.54) is 12.1 Å². The molecule has 0 aliphatic heterocycles. The Balaban J connectivity index is 2.31. The minimum atomic E-state index is -0.453. The Hall–Kier alpha value is -2.14. The van der Waals surface area contributed by atoms with Gasteiger partial charge in [0.15, 0.2) is 0 Å². The number of nitro groups is 1. The Bertz CT molecular complexity index is 646. The third kappa shape index (κ3) is 3.24. The topological polar surface area (TPSA) is 59.3 Å². The van der Waals surface area contributed by atoms with E-state index in [1.807, 2.05) is 31.2 Å². The lowest BCUT2D eigenvalue weighted by Crippen LogP contribution is -2.19. The Labute approximate surface area is 122 Å². The maximum atomic E-state index is 11.0. The molecular formula is C14H14ClN3O2. The van der Waals surface area contributed by atoms with Crippen molar-refractivity contribution in [3.63, 3.8) is 0 Å². The number of aromatic nitrogens is 1.